The number of hydrogen-bond donors (Lipinski definition) is 3. The van der Waals surface area contributed by atoms with Gasteiger partial charge < -0.3 is 25.4 Å². The lowest BCUT2D eigenvalue weighted by Crippen LogP contribution is -2.26. The van der Waals surface area contributed by atoms with Crippen LogP contribution >= 0.6 is 12.2 Å². The molecule has 0 saturated carbocycles. The second-order valence-corrected chi connectivity index (χ2v) is 8.10. The van der Waals surface area contributed by atoms with Crippen molar-refractivity contribution in [2.75, 3.05) is 59.7 Å². The summed E-state index contributed by atoms with van der Waals surface area (Å²) in [6.07, 6.45) is 1.97. The summed E-state index contributed by atoms with van der Waals surface area (Å²) in [6, 6.07) is 21.0. The molecule has 3 rings (SSSR count). The van der Waals surface area contributed by atoms with E-state index in [9.17, 15) is 0 Å². The van der Waals surface area contributed by atoms with Crippen LogP contribution in [0.2, 0.25) is 0 Å². The Morgan fingerprint density at radius 1 is 0.758 bits per heavy atom. The van der Waals surface area contributed by atoms with Crippen LogP contribution < -0.4 is 20.4 Å². The van der Waals surface area contributed by atoms with Crippen molar-refractivity contribution in [3.8, 4) is 0 Å². The van der Waals surface area contributed by atoms with Crippen molar-refractivity contribution in [2.24, 2.45) is 0 Å². The molecule has 0 radical (unpaired) electrons. The first-order valence-electron chi connectivity index (χ1n) is 11.8. The maximum atomic E-state index is 5.29. The van der Waals surface area contributed by atoms with E-state index in [4.69, 9.17) is 12.2 Å². The van der Waals surface area contributed by atoms with Crippen LogP contribution in [0.15, 0.2) is 60.7 Å². The van der Waals surface area contributed by atoms with Crippen LogP contribution in [0.4, 0.5) is 23.3 Å². The lowest BCUT2D eigenvalue weighted by molar-refractivity contribution is 0.760. The molecule has 2 aromatic carbocycles. The van der Waals surface area contributed by atoms with Crippen LogP contribution in [0.1, 0.15) is 26.7 Å². The summed E-state index contributed by atoms with van der Waals surface area (Å²) in [7, 11) is 0. The van der Waals surface area contributed by atoms with Crippen LogP contribution in [-0.2, 0) is 0 Å². The summed E-state index contributed by atoms with van der Waals surface area (Å²) in [6.45, 7) is 9.83. The Morgan fingerprint density at radius 2 is 1.27 bits per heavy atom. The Bertz CT molecular complexity index is 918. The van der Waals surface area contributed by atoms with Crippen molar-refractivity contribution in [1.29, 1.82) is 0 Å². The predicted molar refractivity (Wildman–Crippen MR) is 142 cm³/mol. The normalized spacial score (nSPS) is 10.6. The van der Waals surface area contributed by atoms with Gasteiger partial charge >= 0.3 is 0 Å². The van der Waals surface area contributed by atoms with E-state index in [1.807, 2.05) is 12.1 Å². The molecule has 176 valence electrons. The largest absolute Gasteiger partial charge is 0.372 e. The van der Waals surface area contributed by atoms with Gasteiger partial charge in [0, 0.05) is 50.6 Å². The molecule has 3 N–H and O–H groups in total. The summed E-state index contributed by atoms with van der Waals surface area (Å²) < 4.78 is 0.425. The van der Waals surface area contributed by atoms with Crippen LogP contribution in [-0.4, -0.2) is 54.2 Å². The van der Waals surface area contributed by atoms with Gasteiger partial charge in [0.25, 0.3) is 0 Å². The van der Waals surface area contributed by atoms with Gasteiger partial charge in [-0.1, -0.05) is 36.4 Å². The number of nitrogens with one attached hydrogen (secondary N) is 3. The number of H-pyrrole nitrogens is 1. The van der Waals surface area contributed by atoms with Gasteiger partial charge in [0.1, 0.15) is 0 Å². The summed E-state index contributed by atoms with van der Waals surface area (Å²) >= 11 is 5.29. The van der Waals surface area contributed by atoms with Crippen molar-refractivity contribution in [3.63, 3.8) is 0 Å². The fourth-order valence-electron chi connectivity index (χ4n) is 3.71. The zero-order valence-corrected chi connectivity index (χ0v) is 20.4. The first-order valence-corrected chi connectivity index (χ1v) is 12.2. The molecular weight excluding hydrogens is 430 g/mol. The third kappa shape index (κ3) is 8.05. The van der Waals surface area contributed by atoms with E-state index < -0.39 is 0 Å². The van der Waals surface area contributed by atoms with Crippen molar-refractivity contribution in [2.45, 2.75) is 26.7 Å². The number of hydrogen-bond acceptors (Lipinski definition) is 7. The highest BCUT2D eigenvalue weighted by Crippen LogP contribution is 2.14. The summed E-state index contributed by atoms with van der Waals surface area (Å²) in [5.74, 6) is 1.21. The Kier molecular flexibility index (Phi) is 9.97. The Balaban J connectivity index is 1.43. The molecule has 0 saturated heterocycles. The Hall–Kier alpha value is -3.13. The Morgan fingerprint density at radius 3 is 1.79 bits per heavy atom. The molecule has 0 fully saturated rings. The van der Waals surface area contributed by atoms with E-state index in [1.165, 1.54) is 11.4 Å². The summed E-state index contributed by atoms with van der Waals surface area (Å²) in [5, 5.41) is 6.66. The number of rotatable bonds is 14. The zero-order valence-electron chi connectivity index (χ0n) is 19.6. The van der Waals surface area contributed by atoms with Crippen LogP contribution in [0.5, 0.6) is 0 Å². The van der Waals surface area contributed by atoms with Gasteiger partial charge in [-0.2, -0.15) is 9.97 Å². The SMILES string of the molecule is CCN(CCCNc1nc(NCCCN(CC)c2ccccc2)[nH]c(=S)n1)c1ccccc1. The number of para-hydroxylation sites is 2. The number of nitrogens with zero attached hydrogens (tertiary/aromatic N) is 4. The van der Waals surface area contributed by atoms with E-state index in [1.54, 1.807) is 0 Å². The van der Waals surface area contributed by atoms with Gasteiger partial charge in [-0.05, 0) is 63.2 Å². The molecule has 0 amide bonds. The molecular formula is C25H35N7S. The average Bonchev–Trinajstić information content (AvgIpc) is 2.85. The molecule has 7 nitrogen and oxygen atoms in total. The minimum absolute atomic E-state index is 0.425. The third-order valence-corrected chi connectivity index (χ3v) is 5.64. The smallest absolute Gasteiger partial charge is 0.228 e. The van der Waals surface area contributed by atoms with Crippen LogP contribution in [0.3, 0.4) is 0 Å². The third-order valence-electron chi connectivity index (χ3n) is 5.44. The molecule has 33 heavy (non-hydrogen) atoms. The lowest BCUT2D eigenvalue weighted by atomic mass is 10.2. The van der Waals surface area contributed by atoms with E-state index in [0.717, 1.165) is 52.1 Å². The van der Waals surface area contributed by atoms with Crippen LogP contribution in [0, 0.1) is 4.77 Å². The first kappa shape index (κ1) is 24.5. The number of aromatic amines is 1. The molecule has 0 spiro atoms. The molecule has 0 aliphatic rings. The van der Waals surface area contributed by atoms with E-state index in [2.05, 4.69) is 97.8 Å². The van der Waals surface area contributed by atoms with E-state index in [0.29, 0.717) is 16.7 Å². The second-order valence-electron chi connectivity index (χ2n) is 7.72. The maximum absolute atomic E-state index is 5.29. The maximum Gasteiger partial charge on any atom is 0.228 e. The molecule has 0 bridgehead atoms. The number of anilines is 4. The minimum Gasteiger partial charge on any atom is -0.372 e. The van der Waals surface area contributed by atoms with Crippen molar-refractivity contribution in [3.05, 3.63) is 65.4 Å². The molecule has 1 aromatic heterocycles. The topological polar surface area (TPSA) is 72.1 Å². The van der Waals surface area contributed by atoms with Gasteiger partial charge in [0.2, 0.25) is 16.7 Å². The fourth-order valence-corrected chi connectivity index (χ4v) is 3.89. The van der Waals surface area contributed by atoms with Crippen molar-refractivity contribution < 1.29 is 0 Å². The van der Waals surface area contributed by atoms with Crippen molar-refractivity contribution in [1.82, 2.24) is 15.0 Å². The molecule has 3 aromatic rings. The van der Waals surface area contributed by atoms with E-state index in [-0.39, 0.29) is 0 Å². The Labute approximate surface area is 202 Å². The van der Waals surface area contributed by atoms with E-state index >= 15 is 0 Å². The highest BCUT2D eigenvalue weighted by atomic mass is 32.1. The molecule has 0 aliphatic heterocycles. The summed E-state index contributed by atoms with van der Waals surface area (Å²) in [5.41, 5.74) is 2.50. The molecule has 8 heteroatoms. The fraction of sp³-hybridized carbons (Fsp3) is 0.400. The predicted octanol–water partition coefficient (Wildman–Crippen LogP) is 5.19. The number of benzene rings is 2. The minimum atomic E-state index is 0.425. The molecule has 0 atom stereocenters. The van der Waals surface area contributed by atoms with Crippen LogP contribution in [0.25, 0.3) is 0 Å². The zero-order chi connectivity index (χ0) is 23.3. The van der Waals surface area contributed by atoms with Gasteiger partial charge in [-0.3, -0.25) is 0 Å². The standard InChI is InChI=1S/C25H35N7S/c1-3-31(21-13-7-5-8-14-21)19-11-17-26-23-28-24(30-25(33)29-23)27-18-12-20-32(4-2)22-15-9-6-10-16-22/h5-10,13-16H,3-4,11-12,17-20H2,1-2H3,(H3,26,27,28,29,30,33). The van der Waals surface area contributed by atoms with Gasteiger partial charge in [0.05, 0.1) is 0 Å². The lowest BCUT2D eigenvalue weighted by Gasteiger charge is -2.23. The summed E-state index contributed by atoms with van der Waals surface area (Å²) in [4.78, 5) is 16.6. The number of aromatic nitrogens is 3. The molecule has 0 unspecified atom stereocenters. The van der Waals surface area contributed by atoms with Gasteiger partial charge in [0.15, 0.2) is 0 Å². The van der Waals surface area contributed by atoms with Gasteiger partial charge in [-0.15, -0.1) is 0 Å². The first-order chi connectivity index (χ1) is 16.2. The highest BCUT2D eigenvalue weighted by Gasteiger charge is 2.06. The quantitative estimate of drug-likeness (QED) is 0.223. The molecule has 1 heterocycles. The highest BCUT2D eigenvalue weighted by molar-refractivity contribution is 7.71. The average molecular weight is 466 g/mol. The van der Waals surface area contributed by atoms with Crippen molar-refractivity contribution >= 4 is 35.5 Å². The van der Waals surface area contributed by atoms with Gasteiger partial charge in [-0.25, -0.2) is 0 Å². The molecule has 0 aliphatic carbocycles. The monoisotopic (exact) mass is 465 g/mol. The second kappa shape index (κ2) is 13.4.